The molecule has 1 saturated carbocycles. The maximum atomic E-state index is 10.7. The molecule has 2 nitrogen and oxygen atoms in total. The molecule has 1 fully saturated rings. The van der Waals surface area contributed by atoms with Crippen LogP contribution in [0.1, 0.15) is 43.7 Å². The molecule has 1 atom stereocenters. The van der Waals surface area contributed by atoms with Gasteiger partial charge in [-0.15, -0.1) is 0 Å². The number of hydrogen-bond donors (Lipinski definition) is 1. The number of hydrogen-bond acceptors (Lipinski definition) is 2. The van der Waals surface area contributed by atoms with E-state index >= 15 is 0 Å². The maximum Gasteiger partial charge on any atom is 0.0896 e. The van der Waals surface area contributed by atoms with Crippen LogP contribution in [0, 0.1) is 5.92 Å². The predicted molar refractivity (Wildman–Crippen MR) is 77.6 cm³/mol. The molecule has 100 valence electrons. The Bertz CT molecular complexity index is 367. The summed E-state index contributed by atoms with van der Waals surface area (Å²) in [5.74, 6) is 0.418. The summed E-state index contributed by atoms with van der Waals surface area (Å²) in [5.41, 5.74) is 1.56. The van der Waals surface area contributed by atoms with E-state index in [4.69, 9.17) is 4.74 Å². The summed E-state index contributed by atoms with van der Waals surface area (Å²) in [6.07, 6.45) is 5.69. The zero-order valence-electron chi connectivity index (χ0n) is 11.5. The first-order chi connectivity index (χ1) is 8.64. The van der Waals surface area contributed by atoms with Crippen molar-refractivity contribution in [1.82, 2.24) is 0 Å². The lowest BCUT2D eigenvalue weighted by Crippen LogP contribution is -2.29. The number of ether oxygens (including phenoxy) is 1. The van der Waals surface area contributed by atoms with E-state index in [9.17, 15) is 5.11 Å². The van der Waals surface area contributed by atoms with Gasteiger partial charge in [0, 0.05) is 16.5 Å². The first kappa shape index (κ1) is 13.8. The lowest BCUT2D eigenvalue weighted by Gasteiger charge is -2.30. The van der Waals surface area contributed by atoms with Crippen molar-refractivity contribution in [3.63, 3.8) is 0 Å². The van der Waals surface area contributed by atoms with Crippen LogP contribution in [0.15, 0.2) is 24.3 Å². The molecule has 0 spiro atoms. The first-order valence-electron chi connectivity index (χ1n) is 7.04. The molecule has 0 aromatic heterocycles. The number of aliphatic hydroxyl groups is 1. The fourth-order valence-corrected chi connectivity index (χ4v) is 3.09. The molecular weight excluding hydrogens is 240 g/mol. The fourth-order valence-electron chi connectivity index (χ4n) is 2.88. The molecule has 18 heavy (non-hydrogen) atoms. The highest BCUT2D eigenvalue weighted by Crippen LogP contribution is 2.40. The van der Waals surface area contributed by atoms with Crippen LogP contribution < -0.4 is 0 Å². The smallest absolute Gasteiger partial charge is 0.0896 e. The Labute approximate surface area is 113 Å². The molecule has 0 aliphatic heterocycles. The Morgan fingerprint density at radius 2 is 1.89 bits per heavy atom. The average Bonchev–Trinajstić information content (AvgIpc) is 2.91. The fraction of sp³-hybridized carbons (Fsp3) is 0.600. The van der Waals surface area contributed by atoms with Gasteiger partial charge in [0.2, 0.25) is 0 Å². The van der Waals surface area contributed by atoms with Gasteiger partial charge in [0.15, 0.2) is 0 Å². The van der Waals surface area contributed by atoms with E-state index in [0.717, 1.165) is 34.9 Å². The van der Waals surface area contributed by atoms with Gasteiger partial charge in [0.05, 0.1) is 12.2 Å². The van der Waals surface area contributed by atoms with Crippen LogP contribution in [-0.2, 0) is 16.9 Å². The summed E-state index contributed by atoms with van der Waals surface area (Å²) in [6, 6.07) is 8.28. The van der Waals surface area contributed by atoms with E-state index in [1.807, 2.05) is 6.92 Å². The van der Waals surface area contributed by atoms with Crippen LogP contribution in [0.4, 0.5) is 0 Å². The van der Waals surface area contributed by atoms with E-state index in [2.05, 4.69) is 24.3 Å². The Morgan fingerprint density at radius 3 is 2.44 bits per heavy atom. The van der Waals surface area contributed by atoms with Crippen LogP contribution >= 0.6 is 0 Å². The molecule has 1 aliphatic rings. The van der Waals surface area contributed by atoms with E-state index in [-0.39, 0.29) is 0 Å². The molecule has 3 heteroatoms. The Balaban J connectivity index is 2.07. The van der Waals surface area contributed by atoms with Crippen molar-refractivity contribution >= 4 is 10.2 Å². The largest absolute Gasteiger partial charge is 0.385 e. The van der Waals surface area contributed by atoms with Crippen molar-refractivity contribution in [2.75, 3.05) is 6.23 Å². The lowest BCUT2D eigenvalue weighted by molar-refractivity contribution is -0.00336. The zero-order valence-corrected chi connectivity index (χ0v) is 13.5. The highest BCUT2D eigenvalue weighted by atomic mass is 28.1. The molecule has 0 bridgehead atoms. The standard InChI is InChI=1S/C15H24O2Si/c1-15(16,13-4-2-3-5-13)14-8-6-12(7-9-14)10-17-11-18/h6-9,13,16H,2-5,10-11H2,1,18H3. The van der Waals surface area contributed by atoms with Crippen LogP contribution in [0.3, 0.4) is 0 Å². The maximum absolute atomic E-state index is 10.7. The topological polar surface area (TPSA) is 29.5 Å². The second-order valence-electron chi connectivity index (χ2n) is 5.46. The average molecular weight is 264 g/mol. The summed E-state index contributed by atoms with van der Waals surface area (Å²) >= 11 is 0. The molecule has 0 heterocycles. The van der Waals surface area contributed by atoms with Crippen molar-refractivity contribution in [2.45, 2.75) is 44.8 Å². The molecule has 0 amide bonds. The van der Waals surface area contributed by atoms with Crippen molar-refractivity contribution in [3.05, 3.63) is 35.4 Å². The van der Waals surface area contributed by atoms with Gasteiger partial charge in [-0.25, -0.2) is 0 Å². The highest BCUT2D eigenvalue weighted by Gasteiger charge is 2.35. The third-order valence-corrected chi connectivity index (χ3v) is 4.57. The summed E-state index contributed by atoms with van der Waals surface area (Å²) < 4.78 is 5.44. The monoisotopic (exact) mass is 264 g/mol. The van der Waals surface area contributed by atoms with Crippen LogP contribution in [0.2, 0.25) is 0 Å². The Kier molecular flexibility index (Phi) is 4.59. The minimum absolute atomic E-state index is 0.418. The summed E-state index contributed by atoms with van der Waals surface area (Å²) in [6.45, 7) is 2.65. The minimum atomic E-state index is -0.673. The van der Waals surface area contributed by atoms with Gasteiger partial charge in [-0.05, 0) is 36.8 Å². The normalized spacial score (nSPS) is 20.1. The Hall–Kier alpha value is -0.643. The molecule has 0 saturated heterocycles. The molecule has 1 N–H and O–H groups in total. The third kappa shape index (κ3) is 3.02. The molecule has 1 aliphatic carbocycles. The van der Waals surface area contributed by atoms with Gasteiger partial charge < -0.3 is 9.84 Å². The van der Waals surface area contributed by atoms with Crippen LogP contribution in [0.25, 0.3) is 0 Å². The molecular formula is C15H24O2Si. The third-order valence-electron chi connectivity index (χ3n) is 4.16. The second-order valence-corrected chi connectivity index (χ2v) is 6.04. The summed E-state index contributed by atoms with van der Waals surface area (Å²) in [7, 11) is 1.08. The van der Waals surface area contributed by atoms with Gasteiger partial charge in [0.1, 0.15) is 0 Å². The zero-order chi connectivity index (χ0) is 13.0. The summed E-state index contributed by atoms with van der Waals surface area (Å²) in [4.78, 5) is 0. The van der Waals surface area contributed by atoms with Crippen molar-refractivity contribution in [2.24, 2.45) is 5.92 Å². The van der Waals surface area contributed by atoms with Gasteiger partial charge in [-0.1, -0.05) is 37.1 Å². The quantitative estimate of drug-likeness (QED) is 0.824. The van der Waals surface area contributed by atoms with Crippen LogP contribution in [-0.4, -0.2) is 21.6 Å². The van der Waals surface area contributed by atoms with Gasteiger partial charge in [0.25, 0.3) is 0 Å². The molecule has 0 radical (unpaired) electrons. The molecule has 2 rings (SSSR count). The van der Waals surface area contributed by atoms with Crippen molar-refractivity contribution in [3.8, 4) is 0 Å². The SMILES string of the molecule is CC(O)(c1ccc(COC[SiH3])cc1)C1CCCC1. The predicted octanol–water partition coefficient (Wildman–Crippen LogP) is 1.92. The Morgan fingerprint density at radius 1 is 1.28 bits per heavy atom. The molecule has 1 unspecified atom stereocenters. The van der Waals surface area contributed by atoms with Gasteiger partial charge >= 0.3 is 0 Å². The van der Waals surface area contributed by atoms with E-state index in [1.165, 1.54) is 18.4 Å². The second kappa shape index (κ2) is 6.00. The highest BCUT2D eigenvalue weighted by molar-refractivity contribution is 6.08. The minimum Gasteiger partial charge on any atom is -0.385 e. The van der Waals surface area contributed by atoms with Gasteiger partial charge in [-0.3, -0.25) is 0 Å². The molecule has 1 aromatic rings. The number of rotatable bonds is 5. The van der Waals surface area contributed by atoms with Gasteiger partial charge in [-0.2, -0.15) is 0 Å². The molecule has 1 aromatic carbocycles. The van der Waals surface area contributed by atoms with E-state index in [0.29, 0.717) is 12.5 Å². The van der Waals surface area contributed by atoms with Crippen molar-refractivity contribution in [1.29, 1.82) is 0 Å². The first-order valence-corrected chi connectivity index (χ1v) is 8.45. The van der Waals surface area contributed by atoms with E-state index in [1.54, 1.807) is 0 Å². The van der Waals surface area contributed by atoms with E-state index < -0.39 is 5.60 Å². The lowest BCUT2D eigenvalue weighted by atomic mass is 9.81. The van der Waals surface area contributed by atoms with Crippen molar-refractivity contribution < 1.29 is 9.84 Å². The number of benzene rings is 1. The van der Waals surface area contributed by atoms with Crippen LogP contribution in [0.5, 0.6) is 0 Å². The summed E-state index contributed by atoms with van der Waals surface area (Å²) in [5, 5.41) is 10.7.